The van der Waals surface area contributed by atoms with Gasteiger partial charge in [-0.1, -0.05) is 6.07 Å². The summed E-state index contributed by atoms with van der Waals surface area (Å²) >= 11 is 0. The number of hydrogen-bond acceptors (Lipinski definition) is 5. The number of carbonyl (C=O) groups is 1. The second-order valence-electron chi connectivity index (χ2n) is 3.32. The molecule has 5 heteroatoms. The zero-order chi connectivity index (χ0) is 13.5. The monoisotopic (exact) mass is 247 g/mol. The molecular formula is C13H13NO4. The minimum atomic E-state index is -0.685. The molecule has 0 radical (unpaired) electrons. The first-order valence-electron chi connectivity index (χ1n) is 5.28. The van der Waals surface area contributed by atoms with Gasteiger partial charge in [-0.25, -0.2) is 4.79 Å². The van der Waals surface area contributed by atoms with E-state index in [1.807, 2.05) is 0 Å². The lowest BCUT2D eigenvalue weighted by Crippen LogP contribution is -2.05. The molecule has 0 saturated carbocycles. The largest absolute Gasteiger partial charge is 0.504 e. The Labute approximate surface area is 105 Å². The molecule has 0 fully saturated rings. The summed E-state index contributed by atoms with van der Waals surface area (Å²) in [4.78, 5) is 11.4. The average molecular weight is 247 g/mol. The van der Waals surface area contributed by atoms with E-state index in [9.17, 15) is 9.90 Å². The molecule has 0 spiro atoms. The van der Waals surface area contributed by atoms with Crippen molar-refractivity contribution in [3.63, 3.8) is 0 Å². The van der Waals surface area contributed by atoms with Gasteiger partial charge in [0.2, 0.25) is 0 Å². The molecule has 1 rings (SSSR count). The van der Waals surface area contributed by atoms with Crippen LogP contribution in [0.4, 0.5) is 0 Å². The zero-order valence-electron chi connectivity index (χ0n) is 10.1. The summed E-state index contributed by atoms with van der Waals surface area (Å²) in [6.45, 7) is 1.86. The fraction of sp³-hybridized carbons (Fsp3) is 0.231. The summed E-state index contributed by atoms with van der Waals surface area (Å²) < 4.78 is 9.62. The van der Waals surface area contributed by atoms with Crippen LogP contribution in [-0.4, -0.2) is 24.8 Å². The normalized spacial score (nSPS) is 10.6. The van der Waals surface area contributed by atoms with E-state index in [-0.39, 0.29) is 17.9 Å². The maximum atomic E-state index is 11.4. The summed E-state index contributed by atoms with van der Waals surface area (Å²) in [6, 6.07) is 6.32. The Kier molecular flexibility index (Phi) is 4.76. The van der Waals surface area contributed by atoms with Crippen molar-refractivity contribution in [1.29, 1.82) is 5.26 Å². The Morgan fingerprint density at radius 3 is 2.78 bits per heavy atom. The Morgan fingerprint density at radius 1 is 1.56 bits per heavy atom. The van der Waals surface area contributed by atoms with Crippen LogP contribution in [0.1, 0.15) is 12.5 Å². The van der Waals surface area contributed by atoms with Crippen molar-refractivity contribution in [2.24, 2.45) is 0 Å². The number of rotatable bonds is 4. The van der Waals surface area contributed by atoms with Gasteiger partial charge in [0, 0.05) is 0 Å². The number of methoxy groups -OCH3 is 1. The Hall–Kier alpha value is -2.48. The van der Waals surface area contributed by atoms with Crippen molar-refractivity contribution in [3.8, 4) is 17.6 Å². The quantitative estimate of drug-likeness (QED) is 0.499. The highest BCUT2D eigenvalue weighted by Gasteiger charge is 2.10. The lowest BCUT2D eigenvalue weighted by atomic mass is 10.1. The summed E-state index contributed by atoms with van der Waals surface area (Å²) in [6.07, 6.45) is 1.34. The van der Waals surface area contributed by atoms with Gasteiger partial charge in [0.15, 0.2) is 11.5 Å². The molecule has 5 nitrogen and oxygen atoms in total. The van der Waals surface area contributed by atoms with Crippen LogP contribution < -0.4 is 4.74 Å². The van der Waals surface area contributed by atoms with Gasteiger partial charge in [0.25, 0.3) is 0 Å². The third-order valence-electron chi connectivity index (χ3n) is 2.13. The van der Waals surface area contributed by atoms with Crippen molar-refractivity contribution in [3.05, 3.63) is 29.3 Å². The van der Waals surface area contributed by atoms with Crippen molar-refractivity contribution in [2.45, 2.75) is 6.92 Å². The zero-order valence-corrected chi connectivity index (χ0v) is 10.1. The molecule has 0 atom stereocenters. The molecule has 0 bridgehead atoms. The average Bonchev–Trinajstić information content (AvgIpc) is 2.36. The highest BCUT2D eigenvalue weighted by Crippen LogP contribution is 2.27. The highest BCUT2D eigenvalue weighted by molar-refractivity contribution is 5.97. The number of hydrogen-bond donors (Lipinski definition) is 1. The second-order valence-corrected chi connectivity index (χ2v) is 3.32. The molecule has 0 aliphatic carbocycles. The number of benzene rings is 1. The smallest absolute Gasteiger partial charge is 0.348 e. The Bertz CT molecular complexity index is 514. The van der Waals surface area contributed by atoms with Crippen molar-refractivity contribution < 1.29 is 19.4 Å². The number of phenolic OH excluding ortho intramolecular Hbond substituents is 1. The summed E-state index contributed by atoms with van der Waals surface area (Å²) in [5.74, 6) is -0.426. The van der Waals surface area contributed by atoms with E-state index in [2.05, 4.69) is 0 Å². The number of phenols is 1. The predicted octanol–water partition coefficient (Wildman–Crippen LogP) is 1.87. The minimum absolute atomic E-state index is 0.0626. The third-order valence-corrected chi connectivity index (χ3v) is 2.13. The van der Waals surface area contributed by atoms with Crippen LogP contribution in [-0.2, 0) is 9.53 Å². The second kappa shape index (κ2) is 6.30. The van der Waals surface area contributed by atoms with Crippen LogP contribution in [0.15, 0.2) is 23.8 Å². The van der Waals surface area contributed by atoms with Crippen LogP contribution in [0.3, 0.4) is 0 Å². The summed E-state index contributed by atoms with van der Waals surface area (Å²) in [5.41, 5.74) is 0.388. The first-order chi connectivity index (χ1) is 8.62. The van der Waals surface area contributed by atoms with E-state index >= 15 is 0 Å². The van der Waals surface area contributed by atoms with E-state index in [1.165, 1.54) is 19.3 Å². The van der Waals surface area contributed by atoms with Crippen LogP contribution in [0.25, 0.3) is 6.08 Å². The summed E-state index contributed by atoms with van der Waals surface area (Å²) in [5, 5.41) is 18.4. The molecule has 0 heterocycles. The molecule has 1 aromatic carbocycles. The Balaban J connectivity index is 3.04. The van der Waals surface area contributed by atoms with Crippen LogP contribution in [0.2, 0.25) is 0 Å². The highest BCUT2D eigenvalue weighted by atomic mass is 16.5. The molecule has 1 aromatic rings. The maximum Gasteiger partial charge on any atom is 0.348 e. The van der Waals surface area contributed by atoms with Gasteiger partial charge >= 0.3 is 5.97 Å². The van der Waals surface area contributed by atoms with E-state index < -0.39 is 5.97 Å². The number of ether oxygens (including phenoxy) is 2. The van der Waals surface area contributed by atoms with E-state index in [1.54, 1.807) is 25.1 Å². The summed E-state index contributed by atoms with van der Waals surface area (Å²) in [7, 11) is 1.43. The van der Waals surface area contributed by atoms with Gasteiger partial charge < -0.3 is 14.6 Å². The maximum absolute atomic E-state index is 11.4. The number of esters is 1. The molecular weight excluding hydrogens is 234 g/mol. The SMILES string of the molecule is CCOC(=O)C(C#N)=Cc1ccc(OC)c(O)c1. The fourth-order valence-electron chi connectivity index (χ4n) is 1.31. The molecule has 0 aliphatic heterocycles. The molecule has 1 N–H and O–H groups in total. The molecule has 0 unspecified atom stereocenters. The fourth-order valence-corrected chi connectivity index (χ4v) is 1.31. The number of nitrogens with zero attached hydrogens (tertiary/aromatic N) is 1. The van der Waals surface area contributed by atoms with E-state index in [0.29, 0.717) is 11.3 Å². The number of nitriles is 1. The van der Waals surface area contributed by atoms with Crippen molar-refractivity contribution in [2.75, 3.05) is 13.7 Å². The van der Waals surface area contributed by atoms with Crippen LogP contribution in [0, 0.1) is 11.3 Å². The van der Waals surface area contributed by atoms with Gasteiger partial charge in [-0.15, -0.1) is 0 Å². The molecule has 18 heavy (non-hydrogen) atoms. The van der Waals surface area contributed by atoms with Crippen molar-refractivity contribution in [1.82, 2.24) is 0 Å². The molecule has 0 saturated heterocycles. The van der Waals surface area contributed by atoms with Gasteiger partial charge in [-0.05, 0) is 30.7 Å². The van der Waals surface area contributed by atoms with Crippen LogP contribution >= 0.6 is 0 Å². The topological polar surface area (TPSA) is 79.6 Å². The van der Waals surface area contributed by atoms with E-state index in [0.717, 1.165) is 0 Å². The Morgan fingerprint density at radius 2 is 2.28 bits per heavy atom. The van der Waals surface area contributed by atoms with Gasteiger partial charge in [0.05, 0.1) is 13.7 Å². The number of aromatic hydroxyl groups is 1. The van der Waals surface area contributed by atoms with Crippen molar-refractivity contribution >= 4 is 12.0 Å². The first-order valence-corrected chi connectivity index (χ1v) is 5.28. The van der Waals surface area contributed by atoms with E-state index in [4.69, 9.17) is 14.7 Å². The molecule has 0 aromatic heterocycles. The molecule has 94 valence electrons. The van der Waals surface area contributed by atoms with Crippen LogP contribution in [0.5, 0.6) is 11.5 Å². The predicted molar refractivity (Wildman–Crippen MR) is 64.9 cm³/mol. The van der Waals surface area contributed by atoms with Gasteiger partial charge in [-0.3, -0.25) is 0 Å². The molecule has 0 aliphatic rings. The lowest BCUT2D eigenvalue weighted by Gasteiger charge is -2.04. The number of carbonyl (C=O) groups excluding carboxylic acids is 1. The van der Waals surface area contributed by atoms with Gasteiger partial charge in [-0.2, -0.15) is 5.26 Å². The minimum Gasteiger partial charge on any atom is -0.504 e. The third kappa shape index (κ3) is 3.25. The van der Waals surface area contributed by atoms with Gasteiger partial charge in [0.1, 0.15) is 11.6 Å². The first kappa shape index (κ1) is 13.6. The molecule has 0 amide bonds. The lowest BCUT2D eigenvalue weighted by molar-refractivity contribution is -0.137. The standard InChI is InChI=1S/C13H13NO4/c1-3-18-13(16)10(8-14)6-9-4-5-12(17-2)11(15)7-9/h4-7,15H,3H2,1-2H3.